The lowest BCUT2D eigenvalue weighted by atomic mass is 10.3. The summed E-state index contributed by atoms with van der Waals surface area (Å²) in [6, 6.07) is 1.15. The maximum Gasteiger partial charge on any atom is 0.323 e. The van der Waals surface area contributed by atoms with Crippen LogP contribution in [0.3, 0.4) is 0 Å². The van der Waals surface area contributed by atoms with Gasteiger partial charge in [-0.15, -0.1) is 0 Å². The largest absolute Gasteiger partial charge is 0.480 e. The molecule has 0 bridgehead atoms. The Balaban J connectivity index is 3.01. The summed E-state index contributed by atoms with van der Waals surface area (Å²) in [5, 5.41) is 19.4. The van der Waals surface area contributed by atoms with Crippen LogP contribution in [-0.2, 0) is 11.8 Å². The lowest BCUT2D eigenvalue weighted by Crippen LogP contribution is -2.37. The fraction of sp³-hybridized carbons (Fsp3) is 0.455. The number of rotatable bonds is 6. The molecule has 0 aliphatic carbocycles. The van der Waals surface area contributed by atoms with E-state index in [0.29, 0.717) is 6.42 Å². The highest BCUT2D eigenvalue weighted by molar-refractivity contribution is 5.95. The smallest absolute Gasteiger partial charge is 0.323 e. The Kier molecular flexibility index (Phi) is 4.62. The van der Waals surface area contributed by atoms with Gasteiger partial charge in [0, 0.05) is 19.7 Å². The van der Waals surface area contributed by atoms with E-state index in [-0.39, 0.29) is 17.9 Å². The summed E-state index contributed by atoms with van der Waals surface area (Å²) in [6.45, 7) is 1.67. The van der Waals surface area contributed by atoms with Crippen LogP contribution in [0, 0.1) is 10.1 Å². The van der Waals surface area contributed by atoms with Crippen LogP contribution in [0.15, 0.2) is 12.3 Å². The molecular weight excluding hydrogens is 254 g/mol. The number of nitrogens with zero attached hydrogens (tertiary/aromatic N) is 3. The number of hydrogen-bond donors (Lipinski definition) is 1. The topological polar surface area (TPSA) is 106 Å². The minimum atomic E-state index is -1.12. The predicted molar refractivity (Wildman–Crippen MR) is 65.9 cm³/mol. The Morgan fingerprint density at radius 2 is 2.16 bits per heavy atom. The number of aryl methyl sites for hydroxylation is 1. The van der Waals surface area contributed by atoms with Crippen molar-refractivity contribution in [2.75, 3.05) is 13.1 Å². The highest BCUT2D eigenvalue weighted by atomic mass is 16.6. The zero-order chi connectivity index (χ0) is 14.6. The Hall–Kier alpha value is -2.38. The summed E-state index contributed by atoms with van der Waals surface area (Å²) in [6.07, 6.45) is 1.82. The first-order valence-electron chi connectivity index (χ1n) is 5.68. The molecule has 1 aromatic heterocycles. The second-order valence-corrected chi connectivity index (χ2v) is 4.07. The Morgan fingerprint density at radius 1 is 1.53 bits per heavy atom. The highest BCUT2D eigenvalue weighted by Crippen LogP contribution is 2.17. The molecule has 0 spiro atoms. The molecule has 0 saturated carbocycles. The third-order valence-electron chi connectivity index (χ3n) is 2.53. The average Bonchev–Trinajstić information content (AvgIpc) is 2.69. The Bertz CT molecular complexity index is 508. The lowest BCUT2D eigenvalue weighted by molar-refractivity contribution is -0.384. The summed E-state index contributed by atoms with van der Waals surface area (Å²) < 4.78 is 1.32. The van der Waals surface area contributed by atoms with Crippen LogP contribution in [0.5, 0.6) is 0 Å². The molecule has 0 radical (unpaired) electrons. The monoisotopic (exact) mass is 269 g/mol. The SMILES string of the molecule is CCCN(CC(=O)O)C(=O)c1cc([N+](=O)[O-])cn1C. The molecule has 0 aliphatic heterocycles. The number of hydrogen-bond acceptors (Lipinski definition) is 4. The van der Waals surface area contributed by atoms with E-state index in [4.69, 9.17) is 5.11 Å². The van der Waals surface area contributed by atoms with E-state index in [0.717, 1.165) is 11.0 Å². The third-order valence-corrected chi connectivity index (χ3v) is 2.53. The molecule has 0 aliphatic rings. The molecule has 104 valence electrons. The standard InChI is InChI=1S/C11H15N3O5/c1-3-4-13(7-10(15)16)11(17)9-5-8(14(18)19)6-12(9)2/h5-6H,3-4,7H2,1-2H3,(H,15,16). The second-order valence-electron chi connectivity index (χ2n) is 4.07. The van der Waals surface area contributed by atoms with Gasteiger partial charge >= 0.3 is 5.97 Å². The average molecular weight is 269 g/mol. The van der Waals surface area contributed by atoms with E-state index >= 15 is 0 Å². The Morgan fingerprint density at radius 3 is 2.58 bits per heavy atom. The van der Waals surface area contributed by atoms with E-state index in [1.807, 2.05) is 6.92 Å². The van der Waals surface area contributed by atoms with Gasteiger partial charge in [-0.1, -0.05) is 6.92 Å². The van der Waals surface area contributed by atoms with Crippen LogP contribution >= 0.6 is 0 Å². The molecule has 0 aromatic carbocycles. The number of carbonyl (C=O) groups excluding carboxylic acids is 1. The third kappa shape index (κ3) is 3.54. The van der Waals surface area contributed by atoms with E-state index in [9.17, 15) is 19.7 Å². The van der Waals surface area contributed by atoms with E-state index in [1.165, 1.54) is 17.8 Å². The molecule has 0 saturated heterocycles. The van der Waals surface area contributed by atoms with Crippen molar-refractivity contribution >= 4 is 17.6 Å². The minimum absolute atomic E-state index is 0.0985. The van der Waals surface area contributed by atoms with Crippen LogP contribution in [-0.4, -0.2) is 44.5 Å². The highest BCUT2D eigenvalue weighted by Gasteiger charge is 2.23. The van der Waals surface area contributed by atoms with Crippen molar-refractivity contribution in [1.82, 2.24) is 9.47 Å². The van der Waals surface area contributed by atoms with Crippen molar-refractivity contribution in [2.45, 2.75) is 13.3 Å². The van der Waals surface area contributed by atoms with Crippen LogP contribution < -0.4 is 0 Å². The van der Waals surface area contributed by atoms with Gasteiger partial charge in [-0.05, 0) is 6.42 Å². The molecule has 0 unspecified atom stereocenters. The first-order valence-corrected chi connectivity index (χ1v) is 5.68. The van der Waals surface area contributed by atoms with Crippen LogP contribution in [0.4, 0.5) is 5.69 Å². The molecule has 1 heterocycles. The number of nitro groups is 1. The molecular formula is C11H15N3O5. The van der Waals surface area contributed by atoms with Crippen LogP contribution in [0.1, 0.15) is 23.8 Å². The molecule has 0 fully saturated rings. The van der Waals surface area contributed by atoms with Gasteiger partial charge in [0.05, 0.1) is 11.1 Å². The maximum absolute atomic E-state index is 12.1. The molecule has 1 aromatic rings. The molecule has 0 atom stereocenters. The van der Waals surface area contributed by atoms with Gasteiger partial charge in [0.25, 0.3) is 11.6 Å². The molecule has 1 rings (SSSR count). The number of aliphatic carboxylic acids is 1. The molecule has 1 amide bonds. The normalized spacial score (nSPS) is 10.2. The zero-order valence-corrected chi connectivity index (χ0v) is 10.7. The van der Waals surface area contributed by atoms with Gasteiger partial charge in [-0.2, -0.15) is 0 Å². The van der Waals surface area contributed by atoms with Gasteiger partial charge in [-0.25, -0.2) is 0 Å². The van der Waals surface area contributed by atoms with Gasteiger partial charge in [0.2, 0.25) is 0 Å². The summed E-state index contributed by atoms with van der Waals surface area (Å²) in [4.78, 5) is 34.0. The van der Waals surface area contributed by atoms with Crippen molar-refractivity contribution in [1.29, 1.82) is 0 Å². The van der Waals surface area contributed by atoms with Crippen LogP contribution in [0.2, 0.25) is 0 Å². The quantitative estimate of drug-likeness (QED) is 0.609. The number of carboxylic acid groups (broad SMARTS) is 1. The van der Waals surface area contributed by atoms with Crippen molar-refractivity contribution < 1.29 is 19.6 Å². The number of carbonyl (C=O) groups is 2. The van der Waals surface area contributed by atoms with E-state index < -0.39 is 23.3 Å². The molecule has 8 nitrogen and oxygen atoms in total. The van der Waals surface area contributed by atoms with Gasteiger partial charge < -0.3 is 14.6 Å². The Labute approximate surface area is 109 Å². The number of aromatic nitrogens is 1. The van der Waals surface area contributed by atoms with Gasteiger partial charge in [0.1, 0.15) is 12.2 Å². The predicted octanol–water partition coefficient (Wildman–Crippen LogP) is 0.870. The minimum Gasteiger partial charge on any atom is -0.480 e. The number of amides is 1. The molecule has 8 heteroatoms. The van der Waals surface area contributed by atoms with Crippen molar-refractivity contribution in [2.24, 2.45) is 7.05 Å². The summed E-state index contributed by atoms with van der Waals surface area (Å²) in [7, 11) is 1.51. The first kappa shape index (κ1) is 14.7. The summed E-state index contributed by atoms with van der Waals surface area (Å²) in [5.74, 6) is -1.65. The zero-order valence-electron chi connectivity index (χ0n) is 10.7. The van der Waals surface area contributed by atoms with Crippen molar-refractivity contribution in [3.05, 3.63) is 28.1 Å². The second kappa shape index (κ2) is 5.98. The molecule has 19 heavy (non-hydrogen) atoms. The summed E-state index contributed by atoms with van der Waals surface area (Å²) >= 11 is 0. The lowest BCUT2D eigenvalue weighted by Gasteiger charge is -2.19. The number of carboxylic acids is 1. The van der Waals surface area contributed by atoms with E-state index in [2.05, 4.69) is 0 Å². The molecule has 1 N–H and O–H groups in total. The van der Waals surface area contributed by atoms with Crippen molar-refractivity contribution in [3.8, 4) is 0 Å². The van der Waals surface area contributed by atoms with Crippen LogP contribution in [0.25, 0.3) is 0 Å². The van der Waals surface area contributed by atoms with Gasteiger partial charge in [0.15, 0.2) is 0 Å². The fourth-order valence-corrected chi connectivity index (χ4v) is 1.71. The van der Waals surface area contributed by atoms with Gasteiger partial charge in [-0.3, -0.25) is 19.7 Å². The maximum atomic E-state index is 12.1. The van der Waals surface area contributed by atoms with Crippen molar-refractivity contribution in [3.63, 3.8) is 0 Å². The summed E-state index contributed by atoms with van der Waals surface area (Å²) in [5.41, 5.74) is -0.0981. The van der Waals surface area contributed by atoms with E-state index in [1.54, 1.807) is 0 Å². The fourth-order valence-electron chi connectivity index (χ4n) is 1.71. The first-order chi connectivity index (χ1) is 8.86.